The van der Waals surface area contributed by atoms with Gasteiger partial charge >= 0.3 is 6.18 Å². The Kier molecular flexibility index (Phi) is 9.11. The van der Waals surface area contributed by atoms with E-state index in [2.05, 4.69) is 20.6 Å². The summed E-state index contributed by atoms with van der Waals surface area (Å²) >= 11 is 0.594. The van der Waals surface area contributed by atoms with Gasteiger partial charge in [0.15, 0.2) is 5.01 Å². The van der Waals surface area contributed by atoms with Gasteiger partial charge in [-0.15, -0.1) is 11.3 Å². The molecule has 16 heteroatoms. The summed E-state index contributed by atoms with van der Waals surface area (Å²) in [6.45, 7) is 2.57. The molecule has 4 heterocycles. The molecule has 8 nitrogen and oxygen atoms in total. The molecule has 2 aliphatic heterocycles. The Balaban J connectivity index is 1.75. The summed E-state index contributed by atoms with van der Waals surface area (Å²) in [5.41, 5.74) is -1.62. The van der Waals surface area contributed by atoms with Gasteiger partial charge in [-0.3, -0.25) is 9.59 Å². The van der Waals surface area contributed by atoms with Crippen LogP contribution < -0.4 is 10.6 Å². The minimum atomic E-state index is -4.67. The molecule has 0 radical (unpaired) electrons. The molecule has 226 valence electrons. The molecule has 0 saturated carbocycles. The van der Waals surface area contributed by atoms with E-state index in [1.54, 1.807) is 0 Å². The van der Waals surface area contributed by atoms with E-state index in [-0.39, 0.29) is 21.5 Å². The van der Waals surface area contributed by atoms with Crippen LogP contribution in [0.3, 0.4) is 0 Å². The van der Waals surface area contributed by atoms with Gasteiger partial charge in [0.2, 0.25) is 0 Å². The summed E-state index contributed by atoms with van der Waals surface area (Å²) in [5, 5.41) is 4.58. The van der Waals surface area contributed by atoms with E-state index in [9.17, 15) is 40.3 Å². The van der Waals surface area contributed by atoms with Crippen LogP contribution in [0.5, 0.6) is 0 Å². The monoisotopic (exact) mass is 611 g/mol. The molecule has 41 heavy (non-hydrogen) atoms. The minimum absolute atomic E-state index is 0.230. The quantitative estimate of drug-likeness (QED) is 0.374. The highest BCUT2D eigenvalue weighted by molar-refractivity contribution is 7.17. The van der Waals surface area contributed by atoms with E-state index in [1.165, 1.54) is 13.8 Å². The molecule has 2 N–H and O–H groups in total. The molecule has 2 saturated heterocycles. The molecule has 2 aromatic heterocycles. The number of carbonyl (C=O) groups is 2. The summed E-state index contributed by atoms with van der Waals surface area (Å²) in [6, 6.07) is -2.48. The second-order valence-electron chi connectivity index (χ2n) is 10.0. The second kappa shape index (κ2) is 12.1. The Morgan fingerprint density at radius 2 is 1.93 bits per heavy atom. The van der Waals surface area contributed by atoms with Gasteiger partial charge in [0, 0.05) is 49.0 Å². The maximum atomic E-state index is 14.2. The largest absolute Gasteiger partial charge is 0.408 e. The predicted molar refractivity (Wildman–Crippen MR) is 135 cm³/mol. The number of rotatable bonds is 8. The first-order chi connectivity index (χ1) is 19.2. The van der Waals surface area contributed by atoms with Gasteiger partial charge in [0.05, 0.1) is 11.4 Å². The number of halogens is 7. The first kappa shape index (κ1) is 30.9. The van der Waals surface area contributed by atoms with Gasteiger partial charge < -0.3 is 20.3 Å². The van der Waals surface area contributed by atoms with Crippen LogP contribution in [0.15, 0.2) is 12.3 Å². The fourth-order valence-corrected chi connectivity index (χ4v) is 5.76. The zero-order chi connectivity index (χ0) is 30.1. The summed E-state index contributed by atoms with van der Waals surface area (Å²) in [7, 11) is 0. The number of nitrogens with zero attached hydrogens (tertiary/aromatic N) is 3. The summed E-state index contributed by atoms with van der Waals surface area (Å²) in [5.74, 6) is -5.33. The van der Waals surface area contributed by atoms with Crippen molar-refractivity contribution in [1.82, 2.24) is 20.2 Å². The van der Waals surface area contributed by atoms with Crippen molar-refractivity contribution in [1.29, 1.82) is 0 Å². The van der Waals surface area contributed by atoms with Crippen molar-refractivity contribution >= 4 is 29.0 Å². The Bertz CT molecular complexity index is 1270. The van der Waals surface area contributed by atoms with Gasteiger partial charge in [0.1, 0.15) is 17.6 Å². The molecular weight excluding hydrogens is 583 g/mol. The Hall–Kier alpha value is -3.01. The third kappa shape index (κ3) is 7.08. The highest BCUT2D eigenvalue weighted by Crippen LogP contribution is 2.40. The van der Waals surface area contributed by atoms with Crippen LogP contribution >= 0.6 is 11.3 Å². The fraction of sp³-hybridized carbons (Fsp3) is 0.600. The van der Waals surface area contributed by atoms with Crippen LogP contribution in [0.2, 0.25) is 0 Å². The molecule has 2 amide bonds. The van der Waals surface area contributed by atoms with E-state index in [0.29, 0.717) is 37.4 Å². The molecule has 0 aliphatic carbocycles. The number of alkyl halides is 7. The van der Waals surface area contributed by atoms with Crippen LogP contribution in [-0.4, -0.2) is 76.7 Å². The lowest BCUT2D eigenvalue weighted by Gasteiger charge is -2.22. The first-order valence-electron chi connectivity index (χ1n) is 12.9. The average molecular weight is 612 g/mol. The summed E-state index contributed by atoms with van der Waals surface area (Å²) < 4.78 is 102. The molecule has 0 aromatic carbocycles. The highest BCUT2D eigenvalue weighted by Gasteiger charge is 2.46. The Morgan fingerprint density at radius 1 is 1.24 bits per heavy atom. The molecule has 2 aromatic rings. The zero-order valence-electron chi connectivity index (χ0n) is 22.0. The van der Waals surface area contributed by atoms with Crippen molar-refractivity contribution in [2.45, 2.75) is 76.2 Å². The number of hydrogen-bond donors (Lipinski definition) is 2. The van der Waals surface area contributed by atoms with Gasteiger partial charge in [-0.25, -0.2) is 27.5 Å². The Morgan fingerprint density at radius 3 is 2.49 bits per heavy atom. The normalized spacial score (nSPS) is 20.3. The van der Waals surface area contributed by atoms with Gasteiger partial charge in [-0.2, -0.15) is 13.2 Å². The van der Waals surface area contributed by atoms with Crippen molar-refractivity contribution < 1.29 is 45.1 Å². The number of hydrogen-bond acceptors (Lipinski definition) is 7. The molecule has 2 aliphatic rings. The summed E-state index contributed by atoms with van der Waals surface area (Å²) in [4.78, 5) is 35.1. The third-order valence-electron chi connectivity index (χ3n) is 6.91. The molecule has 4 rings (SSSR count). The van der Waals surface area contributed by atoms with Crippen LogP contribution in [0.25, 0.3) is 10.4 Å². The minimum Gasteiger partial charge on any atom is -0.381 e. The summed E-state index contributed by atoms with van der Waals surface area (Å²) in [6.07, 6.45) is -7.01. The van der Waals surface area contributed by atoms with Crippen molar-refractivity contribution in [3.05, 3.63) is 28.5 Å². The van der Waals surface area contributed by atoms with E-state index in [1.807, 2.05) is 0 Å². The number of carbonyl (C=O) groups excluding carboxylic acids is 2. The smallest absolute Gasteiger partial charge is 0.381 e. The van der Waals surface area contributed by atoms with E-state index in [4.69, 9.17) is 4.74 Å². The van der Waals surface area contributed by atoms with Crippen molar-refractivity contribution in [2.75, 3.05) is 25.1 Å². The third-order valence-corrected chi connectivity index (χ3v) is 8.00. The Labute approximate surface area is 234 Å². The van der Waals surface area contributed by atoms with E-state index in [0.717, 1.165) is 17.2 Å². The fourth-order valence-electron chi connectivity index (χ4n) is 4.77. The maximum Gasteiger partial charge on any atom is 0.408 e. The first-order valence-corrected chi connectivity index (χ1v) is 13.7. The van der Waals surface area contributed by atoms with Gasteiger partial charge in [-0.05, 0) is 32.3 Å². The van der Waals surface area contributed by atoms with Crippen molar-refractivity contribution in [2.24, 2.45) is 0 Å². The number of anilines is 1. The molecule has 0 spiro atoms. The lowest BCUT2D eigenvalue weighted by atomic mass is 10.1. The topological polar surface area (TPSA) is 96.4 Å². The zero-order valence-corrected chi connectivity index (χ0v) is 22.9. The van der Waals surface area contributed by atoms with Crippen molar-refractivity contribution in [3.8, 4) is 10.4 Å². The van der Waals surface area contributed by atoms with Gasteiger partial charge in [-0.1, -0.05) is 6.92 Å². The molecule has 0 bridgehead atoms. The number of likely N-dealkylation sites (tertiary alicyclic amines) is 1. The number of nitrogens with one attached hydrogen (secondary N) is 2. The van der Waals surface area contributed by atoms with Crippen LogP contribution in [0.1, 0.15) is 71.8 Å². The number of pyridine rings is 1. The number of amides is 2. The van der Waals surface area contributed by atoms with Gasteiger partial charge in [0.25, 0.3) is 24.2 Å². The lowest BCUT2D eigenvalue weighted by Crippen LogP contribution is -2.39. The molecular formula is C25H28F7N5O3S. The SMILES string of the molecule is CC[C@H](Nc1cc(C(F)F)c(-c2sc(C(=O)NC3CCOCC3)nc2C(=O)N2CC(F)(F)C[C@@H]2C)cn1)C(F)(F)F. The van der Waals surface area contributed by atoms with E-state index < -0.39 is 78.9 Å². The van der Waals surface area contributed by atoms with E-state index >= 15 is 0 Å². The van der Waals surface area contributed by atoms with Crippen LogP contribution in [0.4, 0.5) is 36.6 Å². The molecule has 0 unspecified atom stereocenters. The predicted octanol–water partition coefficient (Wildman–Crippen LogP) is 5.67. The van der Waals surface area contributed by atoms with Crippen LogP contribution in [0, 0.1) is 0 Å². The highest BCUT2D eigenvalue weighted by atomic mass is 32.1. The molecule has 2 atom stereocenters. The number of aromatic nitrogens is 2. The van der Waals surface area contributed by atoms with Crippen LogP contribution in [-0.2, 0) is 4.74 Å². The van der Waals surface area contributed by atoms with Crippen molar-refractivity contribution in [3.63, 3.8) is 0 Å². The molecule has 2 fully saturated rings. The maximum absolute atomic E-state index is 14.2. The number of thiazole rings is 1. The lowest BCUT2D eigenvalue weighted by molar-refractivity contribution is -0.142. The second-order valence-corrected chi connectivity index (χ2v) is 11.0. The average Bonchev–Trinajstić information content (AvgIpc) is 3.46. The standard InChI is InChI=1S/C25H28F7N5O3S/c1-3-16(25(30,31)32)35-17-8-14(20(26)27)15(10-33-17)19-18(23(39)37-11-24(28,29)9-12(37)2)36-22(41-19)21(38)34-13-4-6-40-7-5-13/h8,10,12-13,16,20H,3-7,9,11H2,1-2H3,(H,33,35)(H,34,38)/t12-,16-/m0/s1. The number of ether oxygens (including phenoxy) is 1.